The van der Waals surface area contributed by atoms with Crippen molar-refractivity contribution in [2.45, 2.75) is 64.2 Å². The summed E-state index contributed by atoms with van der Waals surface area (Å²) < 4.78 is 0. The number of aryl methyl sites for hydroxylation is 3. The van der Waals surface area contributed by atoms with E-state index in [9.17, 15) is 0 Å². The van der Waals surface area contributed by atoms with Gasteiger partial charge in [-0.05, 0) is 73.6 Å². The van der Waals surface area contributed by atoms with E-state index in [-0.39, 0.29) is 0 Å². The van der Waals surface area contributed by atoms with Crippen molar-refractivity contribution < 1.29 is 0 Å². The highest BCUT2D eigenvalue weighted by Gasteiger charge is 2.24. The minimum Gasteiger partial charge on any atom is -0.242 e. The molecule has 0 fully saturated rings. The summed E-state index contributed by atoms with van der Waals surface area (Å²) in [6, 6.07) is 11.1. The fourth-order valence-electron chi connectivity index (χ4n) is 4.72. The van der Waals surface area contributed by atoms with Gasteiger partial charge in [0.15, 0.2) is 0 Å². The molecule has 0 spiro atoms. The van der Waals surface area contributed by atoms with Gasteiger partial charge >= 0.3 is 0 Å². The summed E-state index contributed by atoms with van der Waals surface area (Å²) in [5.74, 6) is 0. The number of hydrogen-bond acceptors (Lipinski definition) is 2. The molecular formula is C23H25NS. The van der Waals surface area contributed by atoms with Crippen molar-refractivity contribution in [2.24, 2.45) is 0 Å². The topological polar surface area (TPSA) is 12.9 Å². The number of nitrogens with zero attached hydrogens (tertiary/aromatic N) is 1. The second-order valence-electron chi connectivity index (χ2n) is 7.58. The summed E-state index contributed by atoms with van der Waals surface area (Å²) in [5, 5.41) is 1.50. The maximum Gasteiger partial charge on any atom is 0.124 e. The molecule has 2 aliphatic carbocycles. The quantitative estimate of drug-likeness (QED) is 0.489. The first-order valence-corrected chi connectivity index (χ1v) is 10.7. The number of benzene rings is 1. The molecule has 0 saturated heterocycles. The van der Waals surface area contributed by atoms with Gasteiger partial charge in [-0.1, -0.05) is 43.2 Å². The average molecular weight is 348 g/mol. The molecule has 2 aromatic heterocycles. The predicted molar refractivity (Wildman–Crippen MR) is 108 cm³/mol. The zero-order valence-corrected chi connectivity index (χ0v) is 15.6. The zero-order valence-electron chi connectivity index (χ0n) is 14.8. The Hall–Kier alpha value is -1.67. The molecule has 0 atom stereocenters. The van der Waals surface area contributed by atoms with Gasteiger partial charge in [-0.2, -0.15) is 0 Å². The fraction of sp³-hybridized carbons (Fsp3) is 0.435. The van der Waals surface area contributed by atoms with Gasteiger partial charge in [0.25, 0.3) is 0 Å². The summed E-state index contributed by atoms with van der Waals surface area (Å²) in [4.78, 5) is 8.15. The van der Waals surface area contributed by atoms with E-state index < -0.39 is 0 Å². The van der Waals surface area contributed by atoms with E-state index in [4.69, 9.17) is 4.98 Å². The molecule has 0 radical (unpaired) electrons. The van der Waals surface area contributed by atoms with Gasteiger partial charge in [-0.25, -0.2) is 4.98 Å². The van der Waals surface area contributed by atoms with E-state index in [2.05, 4.69) is 30.3 Å². The number of thiophene rings is 1. The number of rotatable bonds is 1. The zero-order chi connectivity index (χ0) is 16.6. The SMILES string of the molecule is c1ccc(-c2c3c(nc4sc5c(c24)CCCC5)CCCCCC3)cc1. The van der Waals surface area contributed by atoms with Crippen LogP contribution in [0.4, 0.5) is 0 Å². The Morgan fingerprint density at radius 1 is 0.720 bits per heavy atom. The van der Waals surface area contributed by atoms with E-state index in [1.54, 1.807) is 16.0 Å². The summed E-state index contributed by atoms with van der Waals surface area (Å²) in [6.07, 6.45) is 12.9. The van der Waals surface area contributed by atoms with Crippen LogP contribution in [-0.4, -0.2) is 4.98 Å². The maximum absolute atomic E-state index is 5.23. The molecule has 2 heteroatoms. The lowest BCUT2D eigenvalue weighted by Gasteiger charge is -2.20. The van der Waals surface area contributed by atoms with Crippen LogP contribution in [0.25, 0.3) is 21.3 Å². The molecule has 0 N–H and O–H groups in total. The van der Waals surface area contributed by atoms with Gasteiger partial charge < -0.3 is 0 Å². The van der Waals surface area contributed by atoms with Crippen LogP contribution in [0.1, 0.15) is 60.2 Å². The van der Waals surface area contributed by atoms with Crippen molar-refractivity contribution in [3.63, 3.8) is 0 Å². The molecule has 128 valence electrons. The van der Waals surface area contributed by atoms with Crippen LogP contribution < -0.4 is 0 Å². The first-order valence-electron chi connectivity index (χ1n) is 9.93. The van der Waals surface area contributed by atoms with Gasteiger partial charge in [-0.3, -0.25) is 0 Å². The Balaban J connectivity index is 1.85. The third-order valence-corrected chi connectivity index (χ3v) is 7.13. The normalized spacial score (nSPS) is 17.6. The molecule has 1 nitrogen and oxygen atoms in total. The smallest absolute Gasteiger partial charge is 0.124 e. The van der Waals surface area contributed by atoms with E-state index >= 15 is 0 Å². The van der Waals surface area contributed by atoms with Crippen molar-refractivity contribution in [3.05, 3.63) is 52.0 Å². The first kappa shape index (κ1) is 15.6. The van der Waals surface area contributed by atoms with Crippen molar-refractivity contribution in [3.8, 4) is 11.1 Å². The third-order valence-electron chi connectivity index (χ3n) is 5.94. The molecule has 0 aliphatic heterocycles. The Morgan fingerprint density at radius 3 is 2.32 bits per heavy atom. The summed E-state index contributed by atoms with van der Waals surface area (Å²) in [6.45, 7) is 0. The monoisotopic (exact) mass is 347 g/mol. The minimum atomic E-state index is 1.16. The van der Waals surface area contributed by atoms with Crippen molar-refractivity contribution in [1.29, 1.82) is 0 Å². The van der Waals surface area contributed by atoms with Crippen LogP contribution in [0.15, 0.2) is 30.3 Å². The van der Waals surface area contributed by atoms with Crippen LogP contribution in [0.5, 0.6) is 0 Å². The third kappa shape index (κ3) is 2.71. The van der Waals surface area contributed by atoms with E-state index in [1.807, 2.05) is 11.3 Å². The van der Waals surface area contributed by atoms with Crippen LogP contribution >= 0.6 is 11.3 Å². The number of pyridine rings is 1. The molecular weight excluding hydrogens is 322 g/mol. The molecule has 25 heavy (non-hydrogen) atoms. The van der Waals surface area contributed by atoms with Gasteiger partial charge in [0.1, 0.15) is 4.83 Å². The van der Waals surface area contributed by atoms with Gasteiger partial charge in [0.05, 0.1) is 0 Å². The molecule has 5 rings (SSSR count). The molecule has 2 aliphatic rings. The second kappa shape index (κ2) is 6.57. The molecule has 3 aromatic rings. The van der Waals surface area contributed by atoms with Crippen molar-refractivity contribution in [1.82, 2.24) is 4.98 Å². The Kier molecular flexibility index (Phi) is 4.09. The Labute approximate surface area is 154 Å². The Bertz CT molecular complexity index is 907. The standard InChI is InChI=1S/C23H25NS/c1-2-7-14-19-17(12-6-1)21(16-10-4-3-5-11-16)22-18-13-8-9-15-20(18)25-23(22)24-19/h3-5,10-11H,1-2,6-9,12-15H2. The number of hydrogen-bond donors (Lipinski definition) is 0. The number of aromatic nitrogens is 1. The van der Waals surface area contributed by atoms with Gasteiger partial charge in [-0.15, -0.1) is 11.3 Å². The average Bonchev–Trinajstić information content (AvgIpc) is 3.00. The highest BCUT2D eigenvalue weighted by Crippen LogP contribution is 2.44. The largest absolute Gasteiger partial charge is 0.242 e. The fourth-order valence-corrected chi connectivity index (χ4v) is 6.01. The Morgan fingerprint density at radius 2 is 1.44 bits per heavy atom. The maximum atomic E-state index is 5.23. The van der Waals surface area contributed by atoms with Crippen LogP contribution in [-0.2, 0) is 25.7 Å². The molecule has 0 amide bonds. The number of fused-ring (bicyclic) bond motifs is 4. The van der Waals surface area contributed by atoms with Crippen molar-refractivity contribution in [2.75, 3.05) is 0 Å². The highest BCUT2D eigenvalue weighted by atomic mass is 32.1. The summed E-state index contributed by atoms with van der Waals surface area (Å²) in [5.41, 5.74) is 7.51. The molecule has 0 bridgehead atoms. The van der Waals surface area contributed by atoms with Crippen LogP contribution in [0, 0.1) is 0 Å². The highest BCUT2D eigenvalue weighted by molar-refractivity contribution is 7.19. The van der Waals surface area contributed by atoms with Gasteiger partial charge in [0, 0.05) is 16.0 Å². The molecule has 0 saturated carbocycles. The first-order chi connectivity index (χ1) is 12.4. The lowest BCUT2D eigenvalue weighted by atomic mass is 9.86. The van der Waals surface area contributed by atoms with E-state index in [0.29, 0.717) is 0 Å². The van der Waals surface area contributed by atoms with E-state index in [1.165, 1.54) is 84.8 Å². The van der Waals surface area contributed by atoms with Crippen LogP contribution in [0.2, 0.25) is 0 Å². The lowest BCUT2D eigenvalue weighted by Crippen LogP contribution is -2.06. The molecule has 2 heterocycles. The minimum absolute atomic E-state index is 1.16. The van der Waals surface area contributed by atoms with Crippen LogP contribution in [0.3, 0.4) is 0 Å². The second-order valence-corrected chi connectivity index (χ2v) is 8.67. The summed E-state index contributed by atoms with van der Waals surface area (Å²) in [7, 11) is 0. The summed E-state index contributed by atoms with van der Waals surface area (Å²) >= 11 is 1.98. The molecule has 0 unspecified atom stereocenters. The van der Waals surface area contributed by atoms with Gasteiger partial charge in [0.2, 0.25) is 0 Å². The predicted octanol–water partition coefficient (Wildman–Crippen LogP) is 6.50. The lowest BCUT2D eigenvalue weighted by molar-refractivity contribution is 0.611. The molecule has 1 aromatic carbocycles. The van der Waals surface area contributed by atoms with Crippen molar-refractivity contribution >= 4 is 21.6 Å². The van der Waals surface area contributed by atoms with E-state index in [0.717, 1.165) is 6.42 Å².